The lowest BCUT2D eigenvalue weighted by atomic mass is 9.90. The molecule has 0 unspecified atom stereocenters. The maximum absolute atomic E-state index is 12.4. The zero-order chi connectivity index (χ0) is 15.6. The van der Waals surface area contributed by atoms with Gasteiger partial charge in [-0.05, 0) is 25.0 Å². The number of aliphatic hydroxyl groups is 1. The van der Waals surface area contributed by atoms with E-state index in [0.717, 1.165) is 31.4 Å². The van der Waals surface area contributed by atoms with Gasteiger partial charge in [-0.2, -0.15) is 0 Å². The molecule has 1 fully saturated rings. The lowest BCUT2D eigenvalue weighted by Crippen LogP contribution is -2.45. The summed E-state index contributed by atoms with van der Waals surface area (Å²) in [6.07, 6.45) is 3.16. The van der Waals surface area contributed by atoms with Crippen LogP contribution < -0.4 is 5.32 Å². The van der Waals surface area contributed by atoms with Crippen molar-refractivity contribution in [2.45, 2.75) is 64.0 Å². The van der Waals surface area contributed by atoms with E-state index in [0.29, 0.717) is 10.7 Å². The zero-order valence-electron chi connectivity index (χ0n) is 12.8. The van der Waals surface area contributed by atoms with Crippen molar-refractivity contribution in [1.82, 2.24) is 10.3 Å². The highest BCUT2D eigenvalue weighted by Crippen LogP contribution is 2.24. The Morgan fingerprint density at radius 3 is 2.62 bits per heavy atom. The van der Waals surface area contributed by atoms with Crippen LogP contribution in [0.25, 0.3) is 0 Å². The fourth-order valence-electron chi connectivity index (χ4n) is 2.54. The van der Waals surface area contributed by atoms with Gasteiger partial charge in [0.05, 0.1) is 12.1 Å². The Morgan fingerprint density at radius 2 is 2.00 bits per heavy atom. The number of nitrogens with one attached hydrogen (secondary N) is 1. The highest BCUT2D eigenvalue weighted by atomic mass is 35.5. The van der Waals surface area contributed by atoms with E-state index < -0.39 is 6.10 Å². The molecular formula is C16H23ClN2O2. The monoisotopic (exact) mass is 310 g/mol. The maximum Gasteiger partial charge on any atom is 0.251 e. The molecule has 5 heteroatoms. The van der Waals surface area contributed by atoms with Gasteiger partial charge >= 0.3 is 0 Å². The number of carbonyl (C=O) groups excluding carboxylic acids is 1. The number of pyridine rings is 1. The quantitative estimate of drug-likeness (QED) is 0.825. The van der Waals surface area contributed by atoms with E-state index in [9.17, 15) is 9.90 Å². The van der Waals surface area contributed by atoms with Gasteiger partial charge in [0.25, 0.3) is 5.91 Å². The number of aliphatic hydroxyl groups excluding tert-OH is 1. The fourth-order valence-corrected chi connectivity index (χ4v) is 2.75. The molecule has 2 N–H and O–H groups in total. The summed E-state index contributed by atoms with van der Waals surface area (Å²) in [5.74, 6) is -0.198. The van der Waals surface area contributed by atoms with Crippen LogP contribution in [0.4, 0.5) is 0 Å². The molecule has 1 aliphatic carbocycles. The smallest absolute Gasteiger partial charge is 0.251 e. The van der Waals surface area contributed by atoms with Crippen LogP contribution >= 0.6 is 11.6 Å². The van der Waals surface area contributed by atoms with Gasteiger partial charge in [-0.1, -0.05) is 45.2 Å². The minimum absolute atomic E-state index is 0.170. The van der Waals surface area contributed by atoms with Gasteiger partial charge in [0.2, 0.25) is 0 Å². The van der Waals surface area contributed by atoms with Gasteiger partial charge in [-0.3, -0.25) is 4.79 Å². The normalized spacial score (nSPS) is 22.9. The van der Waals surface area contributed by atoms with Crippen molar-refractivity contribution in [2.75, 3.05) is 0 Å². The summed E-state index contributed by atoms with van der Waals surface area (Å²) in [6.45, 7) is 6.08. The number of nitrogens with zero attached hydrogens (tertiary/aromatic N) is 1. The molecule has 1 heterocycles. The molecule has 1 amide bonds. The molecular weight excluding hydrogens is 288 g/mol. The SMILES string of the molecule is CC(C)(C)c1cc(C(=O)N[C@H]2CCCC[C@@H]2O)cc(Cl)n1. The predicted octanol–water partition coefficient (Wildman–Crippen LogP) is 3.07. The minimum atomic E-state index is -0.456. The number of hydrogen-bond donors (Lipinski definition) is 2. The Bertz CT molecular complexity index is 525. The molecule has 1 saturated carbocycles. The summed E-state index contributed by atoms with van der Waals surface area (Å²) in [5.41, 5.74) is 1.10. The third kappa shape index (κ3) is 4.17. The molecule has 1 aliphatic rings. The molecule has 0 aromatic carbocycles. The van der Waals surface area contributed by atoms with Gasteiger partial charge < -0.3 is 10.4 Å². The van der Waals surface area contributed by atoms with Crippen LogP contribution in [0, 0.1) is 0 Å². The Labute approximate surface area is 130 Å². The molecule has 2 rings (SSSR count). The van der Waals surface area contributed by atoms with Crippen molar-refractivity contribution in [3.8, 4) is 0 Å². The molecule has 116 valence electrons. The summed E-state index contributed by atoms with van der Waals surface area (Å²) in [5, 5.41) is 13.2. The van der Waals surface area contributed by atoms with Crippen molar-refractivity contribution in [1.29, 1.82) is 0 Å². The van der Waals surface area contributed by atoms with Gasteiger partial charge in [-0.25, -0.2) is 4.98 Å². The number of rotatable bonds is 2. The van der Waals surface area contributed by atoms with Crippen molar-refractivity contribution < 1.29 is 9.90 Å². The lowest BCUT2D eigenvalue weighted by molar-refractivity contribution is 0.0717. The van der Waals surface area contributed by atoms with Crippen molar-refractivity contribution in [3.63, 3.8) is 0 Å². The zero-order valence-corrected chi connectivity index (χ0v) is 13.6. The number of halogens is 1. The van der Waals surface area contributed by atoms with E-state index in [4.69, 9.17) is 11.6 Å². The van der Waals surface area contributed by atoms with Gasteiger partial charge in [-0.15, -0.1) is 0 Å². The second-order valence-electron chi connectivity index (χ2n) is 6.75. The number of carbonyl (C=O) groups is 1. The third-order valence-corrected chi connectivity index (χ3v) is 4.06. The van der Waals surface area contributed by atoms with E-state index in [2.05, 4.69) is 10.3 Å². The molecule has 0 saturated heterocycles. The number of hydrogen-bond acceptors (Lipinski definition) is 3. The molecule has 1 aromatic heterocycles. The highest BCUT2D eigenvalue weighted by molar-refractivity contribution is 6.29. The molecule has 0 radical (unpaired) electrons. The second kappa shape index (κ2) is 6.32. The predicted molar refractivity (Wildman–Crippen MR) is 83.7 cm³/mol. The van der Waals surface area contributed by atoms with E-state index in [1.54, 1.807) is 12.1 Å². The Hall–Kier alpha value is -1.13. The van der Waals surface area contributed by atoms with Crippen LogP contribution in [0.5, 0.6) is 0 Å². The molecule has 0 aliphatic heterocycles. The molecule has 2 atom stereocenters. The minimum Gasteiger partial charge on any atom is -0.391 e. The van der Waals surface area contributed by atoms with Crippen LogP contribution in [0.1, 0.15) is 62.5 Å². The van der Waals surface area contributed by atoms with Crippen LogP contribution in [0.3, 0.4) is 0 Å². The first-order chi connectivity index (χ1) is 9.77. The Balaban J connectivity index is 2.17. The Morgan fingerprint density at radius 1 is 1.33 bits per heavy atom. The molecule has 4 nitrogen and oxygen atoms in total. The first-order valence-electron chi connectivity index (χ1n) is 7.44. The van der Waals surface area contributed by atoms with Crippen LogP contribution in [0.15, 0.2) is 12.1 Å². The van der Waals surface area contributed by atoms with E-state index in [1.165, 1.54) is 0 Å². The topological polar surface area (TPSA) is 62.2 Å². The van der Waals surface area contributed by atoms with E-state index in [-0.39, 0.29) is 17.4 Å². The summed E-state index contributed by atoms with van der Waals surface area (Å²) >= 11 is 6.03. The molecule has 0 bridgehead atoms. The van der Waals surface area contributed by atoms with Crippen molar-refractivity contribution >= 4 is 17.5 Å². The van der Waals surface area contributed by atoms with Gasteiger partial charge in [0.15, 0.2) is 0 Å². The van der Waals surface area contributed by atoms with Crippen molar-refractivity contribution in [2.24, 2.45) is 0 Å². The number of aromatic nitrogens is 1. The lowest BCUT2D eigenvalue weighted by Gasteiger charge is -2.28. The molecule has 0 spiro atoms. The summed E-state index contributed by atoms with van der Waals surface area (Å²) in [7, 11) is 0. The Kier molecular flexibility index (Phi) is 4.89. The molecule has 21 heavy (non-hydrogen) atoms. The van der Waals surface area contributed by atoms with Crippen LogP contribution in [0.2, 0.25) is 5.15 Å². The molecule has 1 aromatic rings. The number of amides is 1. The highest BCUT2D eigenvalue weighted by Gasteiger charge is 2.26. The van der Waals surface area contributed by atoms with Crippen LogP contribution in [-0.2, 0) is 5.41 Å². The summed E-state index contributed by atoms with van der Waals surface area (Å²) < 4.78 is 0. The first-order valence-corrected chi connectivity index (χ1v) is 7.82. The van der Waals surface area contributed by atoms with E-state index >= 15 is 0 Å². The average molecular weight is 311 g/mol. The van der Waals surface area contributed by atoms with Gasteiger partial charge in [0.1, 0.15) is 5.15 Å². The maximum atomic E-state index is 12.4. The van der Waals surface area contributed by atoms with Crippen LogP contribution in [-0.4, -0.2) is 28.1 Å². The largest absolute Gasteiger partial charge is 0.391 e. The first kappa shape index (κ1) is 16.2. The fraction of sp³-hybridized carbons (Fsp3) is 0.625. The average Bonchev–Trinajstić information content (AvgIpc) is 2.39. The summed E-state index contributed by atoms with van der Waals surface area (Å²) in [6, 6.07) is 3.17. The summed E-state index contributed by atoms with van der Waals surface area (Å²) in [4.78, 5) is 16.7. The standard InChI is InChI=1S/C16H23ClN2O2/c1-16(2,3)13-8-10(9-14(17)19-13)15(21)18-11-6-4-5-7-12(11)20/h8-9,11-12,20H,4-7H2,1-3H3,(H,18,21)/t11-,12-/m0/s1. The third-order valence-electron chi connectivity index (χ3n) is 3.87. The van der Waals surface area contributed by atoms with Gasteiger partial charge in [0, 0.05) is 16.7 Å². The second-order valence-corrected chi connectivity index (χ2v) is 7.13. The van der Waals surface area contributed by atoms with Crippen molar-refractivity contribution in [3.05, 3.63) is 28.5 Å². The van der Waals surface area contributed by atoms with E-state index in [1.807, 2.05) is 20.8 Å².